The predicted molar refractivity (Wildman–Crippen MR) is 71.3 cm³/mol. The number of hydrogen-bond donors (Lipinski definition) is 1. The lowest BCUT2D eigenvalue weighted by molar-refractivity contribution is 0.0660. The molecule has 1 aliphatic heterocycles. The van der Waals surface area contributed by atoms with E-state index in [4.69, 9.17) is 5.73 Å². The second-order valence-electron chi connectivity index (χ2n) is 5.20. The Morgan fingerprint density at radius 1 is 1.61 bits per heavy atom. The van der Waals surface area contributed by atoms with Crippen LogP contribution in [0.4, 0.5) is 0 Å². The number of rotatable bonds is 2. The number of nitrogens with zero attached hydrogens (tertiary/aromatic N) is 2. The highest BCUT2D eigenvalue weighted by Crippen LogP contribution is 2.20. The maximum Gasteiger partial charge on any atom is 0.253 e. The number of aryl methyl sites for hydroxylation is 1. The Bertz CT molecular complexity index is 431. The quantitative estimate of drug-likeness (QED) is 0.863. The Labute approximate surface area is 108 Å². The lowest BCUT2D eigenvalue weighted by Gasteiger charge is -2.34. The van der Waals surface area contributed by atoms with Gasteiger partial charge in [-0.2, -0.15) is 0 Å². The van der Waals surface area contributed by atoms with Crippen LogP contribution in [0.2, 0.25) is 0 Å². The minimum absolute atomic E-state index is 0.103. The Balaban J connectivity index is 2.09. The molecule has 2 N–H and O–H groups in total. The fraction of sp³-hybridized carbons (Fsp3) is 0.571. The van der Waals surface area contributed by atoms with Gasteiger partial charge in [0, 0.05) is 36.6 Å². The zero-order valence-electron chi connectivity index (χ0n) is 11.1. The van der Waals surface area contributed by atoms with Gasteiger partial charge in [-0.1, -0.05) is 0 Å². The van der Waals surface area contributed by atoms with Crippen LogP contribution in [-0.2, 0) is 0 Å². The second kappa shape index (κ2) is 5.48. The van der Waals surface area contributed by atoms with Crippen LogP contribution in [0.1, 0.15) is 35.8 Å². The lowest BCUT2D eigenvalue weighted by atomic mass is 9.92. The van der Waals surface area contributed by atoms with Crippen LogP contribution in [0, 0.1) is 12.8 Å². The molecule has 2 rings (SSSR count). The van der Waals surface area contributed by atoms with Crippen LogP contribution in [0.5, 0.6) is 0 Å². The van der Waals surface area contributed by atoms with Gasteiger partial charge < -0.3 is 10.6 Å². The van der Waals surface area contributed by atoms with E-state index in [1.165, 1.54) is 0 Å². The van der Waals surface area contributed by atoms with Crippen molar-refractivity contribution in [3.8, 4) is 0 Å². The molecule has 1 saturated heterocycles. The molecule has 1 aromatic rings. The topological polar surface area (TPSA) is 59.2 Å². The largest absolute Gasteiger partial charge is 0.338 e. The number of pyridine rings is 1. The van der Waals surface area contributed by atoms with Crippen LogP contribution in [0.25, 0.3) is 0 Å². The molecule has 0 saturated carbocycles. The van der Waals surface area contributed by atoms with Gasteiger partial charge in [0.1, 0.15) is 0 Å². The number of amides is 1. The summed E-state index contributed by atoms with van der Waals surface area (Å²) >= 11 is 0. The Kier molecular flexibility index (Phi) is 3.97. The van der Waals surface area contributed by atoms with Gasteiger partial charge in [0.2, 0.25) is 0 Å². The van der Waals surface area contributed by atoms with Gasteiger partial charge in [-0.05, 0) is 44.7 Å². The maximum absolute atomic E-state index is 12.4. The molecule has 2 unspecified atom stereocenters. The van der Waals surface area contributed by atoms with E-state index >= 15 is 0 Å². The number of hydrogen-bond acceptors (Lipinski definition) is 3. The third-order valence-electron chi connectivity index (χ3n) is 3.63. The van der Waals surface area contributed by atoms with Crippen molar-refractivity contribution >= 4 is 5.91 Å². The smallest absolute Gasteiger partial charge is 0.253 e. The summed E-state index contributed by atoms with van der Waals surface area (Å²) in [6.07, 6.45) is 3.86. The van der Waals surface area contributed by atoms with Crippen molar-refractivity contribution in [1.82, 2.24) is 9.88 Å². The van der Waals surface area contributed by atoms with Gasteiger partial charge >= 0.3 is 0 Å². The van der Waals surface area contributed by atoms with E-state index in [-0.39, 0.29) is 11.9 Å². The number of aromatic nitrogens is 1. The first-order valence-electron chi connectivity index (χ1n) is 6.55. The van der Waals surface area contributed by atoms with Crippen molar-refractivity contribution in [1.29, 1.82) is 0 Å². The van der Waals surface area contributed by atoms with Crippen molar-refractivity contribution in [2.45, 2.75) is 32.7 Å². The van der Waals surface area contributed by atoms with Gasteiger partial charge in [0.15, 0.2) is 0 Å². The summed E-state index contributed by atoms with van der Waals surface area (Å²) in [4.78, 5) is 18.4. The molecule has 1 aliphatic rings. The van der Waals surface area contributed by atoms with E-state index in [9.17, 15) is 4.79 Å². The van der Waals surface area contributed by atoms with E-state index < -0.39 is 0 Å². The molecule has 4 heteroatoms. The third kappa shape index (κ3) is 2.88. The molecule has 18 heavy (non-hydrogen) atoms. The first-order chi connectivity index (χ1) is 8.58. The number of piperidine rings is 1. The Morgan fingerprint density at radius 3 is 3.06 bits per heavy atom. The molecular weight excluding hydrogens is 226 g/mol. The summed E-state index contributed by atoms with van der Waals surface area (Å²) in [6, 6.07) is 3.78. The molecule has 1 amide bonds. The average Bonchev–Trinajstić information content (AvgIpc) is 2.38. The zero-order valence-corrected chi connectivity index (χ0v) is 11.1. The highest BCUT2D eigenvalue weighted by Gasteiger charge is 2.26. The molecule has 0 aromatic carbocycles. The molecule has 2 heterocycles. The molecule has 1 aromatic heterocycles. The first kappa shape index (κ1) is 13.0. The average molecular weight is 247 g/mol. The number of carbonyl (C=O) groups excluding carboxylic acids is 1. The van der Waals surface area contributed by atoms with E-state index in [0.29, 0.717) is 5.92 Å². The summed E-state index contributed by atoms with van der Waals surface area (Å²) in [6.45, 7) is 5.54. The molecule has 1 fully saturated rings. The third-order valence-corrected chi connectivity index (χ3v) is 3.63. The van der Waals surface area contributed by atoms with Crippen molar-refractivity contribution < 1.29 is 4.79 Å². The molecule has 0 spiro atoms. The Morgan fingerprint density at radius 2 is 2.39 bits per heavy atom. The monoisotopic (exact) mass is 247 g/mol. The summed E-state index contributed by atoms with van der Waals surface area (Å²) in [7, 11) is 0. The van der Waals surface area contributed by atoms with Gasteiger partial charge in [0.25, 0.3) is 5.91 Å². The predicted octanol–water partition coefficient (Wildman–Crippen LogP) is 1.59. The van der Waals surface area contributed by atoms with Crippen LogP contribution < -0.4 is 5.73 Å². The van der Waals surface area contributed by atoms with Crippen molar-refractivity contribution in [3.05, 3.63) is 29.6 Å². The second-order valence-corrected chi connectivity index (χ2v) is 5.20. The number of carbonyl (C=O) groups is 1. The highest BCUT2D eigenvalue weighted by molar-refractivity contribution is 5.94. The Hall–Kier alpha value is -1.42. The van der Waals surface area contributed by atoms with Crippen LogP contribution >= 0.6 is 0 Å². The fourth-order valence-electron chi connectivity index (χ4n) is 2.48. The number of nitrogens with two attached hydrogens (primary N) is 1. The van der Waals surface area contributed by atoms with Crippen molar-refractivity contribution in [2.24, 2.45) is 11.7 Å². The zero-order chi connectivity index (χ0) is 13.1. The van der Waals surface area contributed by atoms with Gasteiger partial charge in [-0.3, -0.25) is 9.78 Å². The van der Waals surface area contributed by atoms with E-state index in [1.54, 1.807) is 12.3 Å². The SMILES string of the molecule is Cc1cc(C(=O)N2CCCC(C(C)N)C2)ccn1. The standard InChI is InChI=1S/C14H21N3O/c1-10-8-12(5-6-16-10)14(18)17-7-3-4-13(9-17)11(2)15/h5-6,8,11,13H,3-4,7,9,15H2,1-2H3. The molecule has 4 nitrogen and oxygen atoms in total. The van der Waals surface area contributed by atoms with E-state index in [2.05, 4.69) is 4.98 Å². The number of likely N-dealkylation sites (tertiary alicyclic amines) is 1. The summed E-state index contributed by atoms with van der Waals surface area (Å²) in [5.41, 5.74) is 7.55. The normalized spacial score (nSPS) is 21.7. The summed E-state index contributed by atoms with van der Waals surface area (Å²) in [5, 5.41) is 0. The first-order valence-corrected chi connectivity index (χ1v) is 6.55. The van der Waals surface area contributed by atoms with Gasteiger partial charge in [-0.25, -0.2) is 0 Å². The highest BCUT2D eigenvalue weighted by atomic mass is 16.2. The molecule has 0 bridgehead atoms. The van der Waals surface area contributed by atoms with Crippen LogP contribution in [-0.4, -0.2) is 34.9 Å². The van der Waals surface area contributed by atoms with E-state index in [1.807, 2.05) is 24.8 Å². The minimum atomic E-state index is 0.103. The molecule has 98 valence electrons. The maximum atomic E-state index is 12.4. The van der Waals surface area contributed by atoms with Crippen LogP contribution in [0.3, 0.4) is 0 Å². The molecule has 2 atom stereocenters. The lowest BCUT2D eigenvalue weighted by Crippen LogP contribution is -2.45. The molecule has 0 aliphatic carbocycles. The van der Waals surface area contributed by atoms with Crippen molar-refractivity contribution in [2.75, 3.05) is 13.1 Å². The van der Waals surface area contributed by atoms with Crippen LogP contribution in [0.15, 0.2) is 18.3 Å². The molecular formula is C14H21N3O. The van der Waals surface area contributed by atoms with Crippen molar-refractivity contribution in [3.63, 3.8) is 0 Å². The molecule has 0 radical (unpaired) electrons. The fourth-order valence-corrected chi connectivity index (χ4v) is 2.48. The van der Waals surface area contributed by atoms with Gasteiger partial charge in [-0.15, -0.1) is 0 Å². The van der Waals surface area contributed by atoms with Gasteiger partial charge in [0.05, 0.1) is 0 Å². The van der Waals surface area contributed by atoms with E-state index in [0.717, 1.165) is 37.2 Å². The summed E-state index contributed by atoms with van der Waals surface area (Å²) in [5.74, 6) is 0.525. The minimum Gasteiger partial charge on any atom is -0.338 e. The summed E-state index contributed by atoms with van der Waals surface area (Å²) < 4.78 is 0.